The summed E-state index contributed by atoms with van der Waals surface area (Å²) >= 11 is 1.83. The first kappa shape index (κ1) is 17.3. The highest BCUT2D eigenvalue weighted by molar-refractivity contribution is 7.98. The van der Waals surface area contributed by atoms with Crippen molar-refractivity contribution in [1.82, 2.24) is 10.2 Å². The van der Waals surface area contributed by atoms with Crippen LogP contribution in [0.1, 0.15) is 31.2 Å². The summed E-state index contributed by atoms with van der Waals surface area (Å²) in [6.45, 7) is 2.13. The molecule has 0 spiro atoms. The lowest BCUT2D eigenvalue weighted by atomic mass is 9.97. The summed E-state index contributed by atoms with van der Waals surface area (Å²) in [6.07, 6.45) is 3.91. The van der Waals surface area contributed by atoms with Crippen LogP contribution < -0.4 is 5.32 Å². The Morgan fingerprint density at radius 1 is 1.12 bits per heavy atom. The predicted octanol–water partition coefficient (Wildman–Crippen LogP) is 2.68. The van der Waals surface area contributed by atoms with E-state index in [2.05, 4.69) is 29.6 Å². The van der Waals surface area contributed by atoms with Gasteiger partial charge in [-0.05, 0) is 31.2 Å². The van der Waals surface area contributed by atoms with Crippen LogP contribution >= 0.6 is 11.8 Å². The number of piperidine rings is 1. The zero-order chi connectivity index (χ0) is 16.8. The first-order valence-electron chi connectivity index (χ1n) is 8.92. The van der Waals surface area contributed by atoms with Gasteiger partial charge in [-0.2, -0.15) is 11.8 Å². The summed E-state index contributed by atoms with van der Waals surface area (Å²) in [5.74, 6) is 2.50. The Labute approximate surface area is 148 Å². The normalized spacial score (nSPS) is 20.7. The van der Waals surface area contributed by atoms with Crippen molar-refractivity contribution in [2.45, 2.75) is 31.4 Å². The number of nitrogens with one attached hydrogen (secondary N) is 1. The molecule has 1 aliphatic carbocycles. The lowest BCUT2D eigenvalue weighted by Crippen LogP contribution is -2.46. The zero-order valence-corrected chi connectivity index (χ0v) is 14.9. The summed E-state index contributed by atoms with van der Waals surface area (Å²) in [4.78, 5) is 26.4. The number of likely N-dealkylation sites (tertiary alicyclic amines) is 1. The third kappa shape index (κ3) is 5.00. The number of nitrogens with zero attached hydrogens (tertiary/aromatic N) is 1. The molecule has 5 heteroatoms. The minimum Gasteiger partial charge on any atom is -0.355 e. The molecule has 24 heavy (non-hydrogen) atoms. The molecule has 0 bridgehead atoms. The highest BCUT2D eigenvalue weighted by atomic mass is 32.2. The maximum atomic E-state index is 12.3. The molecule has 2 fully saturated rings. The van der Waals surface area contributed by atoms with Gasteiger partial charge in [-0.15, -0.1) is 0 Å². The minimum absolute atomic E-state index is 0.0272. The van der Waals surface area contributed by atoms with Gasteiger partial charge in [0.05, 0.1) is 5.92 Å². The second-order valence-electron chi connectivity index (χ2n) is 6.73. The predicted molar refractivity (Wildman–Crippen MR) is 97.6 cm³/mol. The third-order valence-electron chi connectivity index (χ3n) is 4.69. The Kier molecular flexibility index (Phi) is 6.18. The van der Waals surface area contributed by atoms with Crippen molar-refractivity contribution in [2.24, 2.45) is 11.8 Å². The molecule has 1 aromatic carbocycles. The van der Waals surface area contributed by atoms with E-state index in [9.17, 15) is 9.59 Å². The minimum atomic E-state index is -0.0272. The first-order chi connectivity index (χ1) is 11.7. The van der Waals surface area contributed by atoms with Crippen LogP contribution in [0.15, 0.2) is 30.3 Å². The quantitative estimate of drug-likeness (QED) is 0.772. The Hall–Kier alpha value is -1.49. The van der Waals surface area contributed by atoms with E-state index in [-0.39, 0.29) is 23.7 Å². The number of rotatable bonds is 7. The number of benzene rings is 1. The van der Waals surface area contributed by atoms with Gasteiger partial charge in [-0.25, -0.2) is 0 Å². The molecule has 1 saturated heterocycles. The zero-order valence-electron chi connectivity index (χ0n) is 14.1. The topological polar surface area (TPSA) is 49.4 Å². The van der Waals surface area contributed by atoms with Crippen molar-refractivity contribution >= 4 is 23.6 Å². The van der Waals surface area contributed by atoms with Crippen LogP contribution in [0.3, 0.4) is 0 Å². The monoisotopic (exact) mass is 346 g/mol. The summed E-state index contributed by atoms with van der Waals surface area (Å²) in [6, 6.07) is 10.4. The van der Waals surface area contributed by atoms with E-state index in [1.165, 1.54) is 5.56 Å². The number of amides is 2. The summed E-state index contributed by atoms with van der Waals surface area (Å²) in [7, 11) is 0. The van der Waals surface area contributed by atoms with Gasteiger partial charge >= 0.3 is 0 Å². The van der Waals surface area contributed by atoms with Crippen LogP contribution in [0.4, 0.5) is 0 Å². The molecule has 1 aliphatic heterocycles. The van der Waals surface area contributed by atoms with E-state index >= 15 is 0 Å². The fraction of sp³-hybridized carbons (Fsp3) is 0.579. The van der Waals surface area contributed by atoms with E-state index in [0.29, 0.717) is 13.1 Å². The molecule has 0 aromatic heterocycles. The fourth-order valence-electron chi connectivity index (χ4n) is 3.13. The van der Waals surface area contributed by atoms with Crippen LogP contribution in [-0.2, 0) is 15.3 Å². The van der Waals surface area contributed by atoms with Gasteiger partial charge < -0.3 is 10.2 Å². The molecule has 1 unspecified atom stereocenters. The van der Waals surface area contributed by atoms with Crippen LogP contribution in [0, 0.1) is 11.8 Å². The van der Waals surface area contributed by atoms with Crippen molar-refractivity contribution in [3.05, 3.63) is 35.9 Å². The number of hydrogen-bond acceptors (Lipinski definition) is 3. The van der Waals surface area contributed by atoms with Gasteiger partial charge in [0.25, 0.3) is 0 Å². The number of hydrogen-bond donors (Lipinski definition) is 1. The van der Waals surface area contributed by atoms with Gasteiger partial charge in [-0.3, -0.25) is 9.59 Å². The highest BCUT2D eigenvalue weighted by Crippen LogP contribution is 2.32. The lowest BCUT2D eigenvalue weighted by Gasteiger charge is -2.32. The molecule has 3 rings (SSSR count). The Balaban J connectivity index is 1.33. The van der Waals surface area contributed by atoms with E-state index in [4.69, 9.17) is 0 Å². The van der Waals surface area contributed by atoms with Crippen molar-refractivity contribution < 1.29 is 9.59 Å². The first-order valence-corrected chi connectivity index (χ1v) is 10.1. The SMILES string of the molecule is O=C(NCCSCc1ccccc1)C1CCCN(C(=O)C2CC2)C1. The number of carbonyl (C=O) groups excluding carboxylic acids is 2. The maximum absolute atomic E-state index is 12.3. The number of carbonyl (C=O) groups is 2. The van der Waals surface area contributed by atoms with E-state index in [1.807, 2.05) is 22.7 Å². The highest BCUT2D eigenvalue weighted by Gasteiger charge is 2.36. The molecular formula is C19H26N2O2S. The molecule has 130 valence electrons. The van der Waals surface area contributed by atoms with E-state index in [1.54, 1.807) is 0 Å². The van der Waals surface area contributed by atoms with E-state index < -0.39 is 0 Å². The van der Waals surface area contributed by atoms with Gasteiger partial charge in [0.2, 0.25) is 11.8 Å². The Bertz CT molecular complexity index is 560. The fourth-order valence-corrected chi connectivity index (χ4v) is 3.95. The lowest BCUT2D eigenvalue weighted by molar-refractivity contribution is -0.136. The van der Waals surface area contributed by atoms with Crippen molar-refractivity contribution in [3.63, 3.8) is 0 Å². The summed E-state index contributed by atoms with van der Waals surface area (Å²) < 4.78 is 0. The largest absolute Gasteiger partial charge is 0.355 e. The number of thioether (sulfide) groups is 1. The van der Waals surface area contributed by atoms with Gasteiger partial charge in [0.15, 0.2) is 0 Å². The van der Waals surface area contributed by atoms with Gasteiger partial charge in [0.1, 0.15) is 0 Å². The van der Waals surface area contributed by atoms with E-state index in [0.717, 1.165) is 43.7 Å². The van der Waals surface area contributed by atoms with Gasteiger partial charge in [-0.1, -0.05) is 30.3 Å². The average molecular weight is 346 g/mol. The molecule has 4 nitrogen and oxygen atoms in total. The second-order valence-corrected chi connectivity index (χ2v) is 7.83. The standard InChI is InChI=1S/C19H26N2O2S/c22-18(20-10-12-24-14-15-5-2-1-3-6-15)17-7-4-11-21(13-17)19(23)16-8-9-16/h1-3,5-6,16-17H,4,7-14H2,(H,20,22). The second kappa shape index (κ2) is 8.56. The molecule has 1 N–H and O–H groups in total. The van der Waals surface area contributed by atoms with Crippen molar-refractivity contribution in [3.8, 4) is 0 Å². The van der Waals surface area contributed by atoms with Crippen LogP contribution in [0.2, 0.25) is 0 Å². The smallest absolute Gasteiger partial charge is 0.225 e. The van der Waals surface area contributed by atoms with Crippen LogP contribution in [0.25, 0.3) is 0 Å². The van der Waals surface area contributed by atoms with Crippen LogP contribution in [-0.4, -0.2) is 42.1 Å². The molecule has 0 radical (unpaired) electrons. The molecule has 1 heterocycles. The summed E-state index contributed by atoms with van der Waals surface area (Å²) in [5.41, 5.74) is 1.32. The third-order valence-corrected chi connectivity index (χ3v) is 5.72. The molecule has 1 atom stereocenters. The molecule has 1 saturated carbocycles. The van der Waals surface area contributed by atoms with Gasteiger partial charge in [0, 0.05) is 37.1 Å². The van der Waals surface area contributed by atoms with Crippen molar-refractivity contribution in [2.75, 3.05) is 25.4 Å². The molecule has 1 aromatic rings. The summed E-state index contributed by atoms with van der Waals surface area (Å²) in [5, 5.41) is 3.05. The molecular weight excluding hydrogens is 320 g/mol. The van der Waals surface area contributed by atoms with Crippen LogP contribution in [0.5, 0.6) is 0 Å². The van der Waals surface area contributed by atoms with Crippen molar-refractivity contribution in [1.29, 1.82) is 0 Å². The maximum Gasteiger partial charge on any atom is 0.225 e. The molecule has 2 amide bonds. The molecule has 2 aliphatic rings. The Morgan fingerprint density at radius 3 is 2.67 bits per heavy atom. The Morgan fingerprint density at radius 2 is 1.92 bits per heavy atom. The average Bonchev–Trinajstić information content (AvgIpc) is 3.47.